The van der Waals surface area contributed by atoms with E-state index in [0.29, 0.717) is 12.0 Å². The summed E-state index contributed by atoms with van der Waals surface area (Å²) < 4.78 is 13.3. The highest BCUT2D eigenvalue weighted by molar-refractivity contribution is 5.83. The molecule has 2 nitrogen and oxygen atoms in total. The van der Waals surface area contributed by atoms with Gasteiger partial charge in [0.2, 0.25) is 0 Å². The lowest BCUT2D eigenvalue weighted by atomic mass is 9.82. The quantitative estimate of drug-likeness (QED) is 0.778. The van der Waals surface area contributed by atoms with Crippen LogP contribution in [-0.4, -0.2) is 11.0 Å². The van der Waals surface area contributed by atoms with E-state index in [4.69, 9.17) is 5.73 Å². The van der Waals surface area contributed by atoms with E-state index in [0.717, 1.165) is 36.6 Å². The van der Waals surface area contributed by atoms with Crippen LogP contribution in [0.4, 0.5) is 4.39 Å². The fraction of sp³-hybridized carbons (Fsp3) is 0.429. The molecular weight excluding hydrogens is 215 g/mol. The zero-order valence-corrected chi connectivity index (χ0v) is 9.75. The van der Waals surface area contributed by atoms with Gasteiger partial charge in [0, 0.05) is 23.1 Å². The highest BCUT2D eigenvalue weighted by Gasteiger charge is 2.22. The molecule has 2 aromatic rings. The molecule has 3 N–H and O–H groups in total. The second-order valence-corrected chi connectivity index (χ2v) is 5.05. The van der Waals surface area contributed by atoms with Crippen molar-refractivity contribution in [2.75, 3.05) is 0 Å². The van der Waals surface area contributed by atoms with E-state index in [1.54, 1.807) is 6.07 Å². The smallest absolute Gasteiger partial charge is 0.123 e. The first-order valence-electron chi connectivity index (χ1n) is 6.26. The van der Waals surface area contributed by atoms with E-state index in [1.165, 1.54) is 11.6 Å². The van der Waals surface area contributed by atoms with Crippen molar-refractivity contribution in [1.82, 2.24) is 4.98 Å². The Hall–Kier alpha value is -1.35. The van der Waals surface area contributed by atoms with Crippen molar-refractivity contribution in [3.8, 4) is 0 Å². The third-order valence-electron chi connectivity index (χ3n) is 3.89. The summed E-state index contributed by atoms with van der Waals surface area (Å²) in [7, 11) is 0. The molecule has 0 atom stereocenters. The molecule has 3 heteroatoms. The summed E-state index contributed by atoms with van der Waals surface area (Å²) in [6, 6.07) is 5.30. The molecule has 17 heavy (non-hydrogen) atoms. The van der Waals surface area contributed by atoms with Crippen molar-refractivity contribution in [3.63, 3.8) is 0 Å². The Labute approximate surface area is 100 Å². The number of fused-ring (bicyclic) bond motifs is 1. The topological polar surface area (TPSA) is 41.8 Å². The minimum absolute atomic E-state index is 0.161. The van der Waals surface area contributed by atoms with E-state index in [9.17, 15) is 4.39 Å². The number of aromatic nitrogens is 1. The van der Waals surface area contributed by atoms with Gasteiger partial charge in [0.1, 0.15) is 5.82 Å². The van der Waals surface area contributed by atoms with Gasteiger partial charge in [-0.2, -0.15) is 0 Å². The Morgan fingerprint density at radius 2 is 1.94 bits per heavy atom. The number of rotatable bonds is 1. The van der Waals surface area contributed by atoms with Crippen LogP contribution in [-0.2, 0) is 0 Å². The minimum atomic E-state index is -0.161. The van der Waals surface area contributed by atoms with Crippen LogP contribution in [0.15, 0.2) is 24.4 Å². The number of H-pyrrole nitrogens is 1. The monoisotopic (exact) mass is 232 g/mol. The van der Waals surface area contributed by atoms with Gasteiger partial charge in [-0.1, -0.05) is 0 Å². The molecule has 0 saturated heterocycles. The molecule has 0 bridgehead atoms. The van der Waals surface area contributed by atoms with Crippen molar-refractivity contribution in [2.24, 2.45) is 5.73 Å². The Bertz CT molecular complexity index is 524. The van der Waals surface area contributed by atoms with Gasteiger partial charge in [0.05, 0.1) is 0 Å². The van der Waals surface area contributed by atoms with E-state index in [2.05, 4.69) is 4.98 Å². The van der Waals surface area contributed by atoms with Gasteiger partial charge in [-0.15, -0.1) is 0 Å². The van der Waals surface area contributed by atoms with E-state index in [1.807, 2.05) is 12.3 Å². The summed E-state index contributed by atoms with van der Waals surface area (Å²) in [6.45, 7) is 0. The maximum atomic E-state index is 13.3. The molecule has 1 heterocycles. The maximum absolute atomic E-state index is 13.3. The summed E-state index contributed by atoms with van der Waals surface area (Å²) in [4.78, 5) is 3.23. The SMILES string of the molecule is N[C@H]1CC[C@@H](c2c[nH]c3ccc(F)cc32)CC1. The van der Waals surface area contributed by atoms with Gasteiger partial charge in [-0.05, 0) is 55.4 Å². The van der Waals surface area contributed by atoms with Crippen LogP contribution in [0.25, 0.3) is 10.9 Å². The van der Waals surface area contributed by atoms with Crippen LogP contribution in [0, 0.1) is 5.82 Å². The van der Waals surface area contributed by atoms with Crippen LogP contribution in [0.1, 0.15) is 37.2 Å². The second kappa shape index (κ2) is 4.15. The maximum Gasteiger partial charge on any atom is 0.123 e. The van der Waals surface area contributed by atoms with Crippen molar-refractivity contribution in [1.29, 1.82) is 0 Å². The third-order valence-corrected chi connectivity index (χ3v) is 3.89. The van der Waals surface area contributed by atoms with Crippen LogP contribution in [0.5, 0.6) is 0 Å². The van der Waals surface area contributed by atoms with Crippen LogP contribution in [0.3, 0.4) is 0 Å². The molecule has 1 aliphatic carbocycles. The van der Waals surface area contributed by atoms with Gasteiger partial charge in [0.15, 0.2) is 0 Å². The van der Waals surface area contributed by atoms with Gasteiger partial charge < -0.3 is 10.7 Å². The molecule has 0 aliphatic heterocycles. The number of hydrogen-bond donors (Lipinski definition) is 2. The van der Waals surface area contributed by atoms with Crippen molar-refractivity contribution >= 4 is 10.9 Å². The van der Waals surface area contributed by atoms with E-state index >= 15 is 0 Å². The minimum Gasteiger partial charge on any atom is -0.361 e. The molecule has 0 spiro atoms. The zero-order valence-electron chi connectivity index (χ0n) is 9.75. The largest absolute Gasteiger partial charge is 0.361 e. The highest BCUT2D eigenvalue weighted by atomic mass is 19.1. The van der Waals surface area contributed by atoms with Gasteiger partial charge in [-0.25, -0.2) is 4.39 Å². The zero-order chi connectivity index (χ0) is 11.8. The first-order chi connectivity index (χ1) is 8.24. The predicted octanol–water partition coefficient (Wildman–Crippen LogP) is 3.29. The Kier molecular flexibility index (Phi) is 2.63. The molecular formula is C14H17FN2. The number of nitrogens with one attached hydrogen (secondary N) is 1. The first kappa shape index (κ1) is 10.8. The fourth-order valence-corrected chi connectivity index (χ4v) is 2.88. The lowest BCUT2D eigenvalue weighted by molar-refractivity contribution is 0.397. The molecule has 0 unspecified atom stereocenters. The molecule has 0 amide bonds. The average molecular weight is 232 g/mol. The Morgan fingerprint density at radius 1 is 1.18 bits per heavy atom. The normalized spacial score (nSPS) is 25.3. The van der Waals surface area contributed by atoms with Crippen LogP contribution < -0.4 is 5.73 Å². The molecule has 3 rings (SSSR count). The van der Waals surface area contributed by atoms with Crippen molar-refractivity contribution in [3.05, 3.63) is 35.8 Å². The lowest BCUT2D eigenvalue weighted by Gasteiger charge is -2.25. The fourth-order valence-electron chi connectivity index (χ4n) is 2.88. The number of benzene rings is 1. The van der Waals surface area contributed by atoms with Gasteiger partial charge >= 0.3 is 0 Å². The lowest BCUT2D eigenvalue weighted by Crippen LogP contribution is -2.25. The van der Waals surface area contributed by atoms with E-state index < -0.39 is 0 Å². The summed E-state index contributed by atoms with van der Waals surface area (Å²) in [5.74, 6) is 0.371. The second-order valence-electron chi connectivity index (χ2n) is 5.05. The molecule has 1 aliphatic rings. The molecule has 1 aromatic heterocycles. The number of aromatic amines is 1. The highest BCUT2D eigenvalue weighted by Crippen LogP contribution is 2.36. The predicted molar refractivity (Wildman–Crippen MR) is 67.4 cm³/mol. The van der Waals surface area contributed by atoms with E-state index in [-0.39, 0.29) is 5.82 Å². The molecule has 90 valence electrons. The van der Waals surface area contributed by atoms with Crippen LogP contribution in [0.2, 0.25) is 0 Å². The van der Waals surface area contributed by atoms with Gasteiger partial charge in [-0.3, -0.25) is 0 Å². The number of hydrogen-bond acceptors (Lipinski definition) is 1. The average Bonchev–Trinajstić information content (AvgIpc) is 2.73. The number of halogens is 1. The standard InChI is InChI=1S/C14H17FN2/c15-10-3-6-14-12(7-10)13(8-17-14)9-1-4-11(16)5-2-9/h3,6-9,11,17H,1-2,4-5,16H2/t9-,11+. The summed E-state index contributed by atoms with van der Waals surface area (Å²) in [5, 5.41) is 1.03. The van der Waals surface area contributed by atoms with Crippen molar-refractivity contribution < 1.29 is 4.39 Å². The summed E-state index contributed by atoms with van der Waals surface area (Å²) in [6.07, 6.45) is 6.42. The van der Waals surface area contributed by atoms with Crippen molar-refractivity contribution in [2.45, 2.75) is 37.6 Å². The summed E-state index contributed by atoms with van der Waals surface area (Å²) in [5.41, 5.74) is 8.20. The third kappa shape index (κ3) is 1.95. The Balaban J connectivity index is 1.97. The van der Waals surface area contributed by atoms with Gasteiger partial charge in [0.25, 0.3) is 0 Å². The number of nitrogens with two attached hydrogens (primary N) is 1. The summed E-state index contributed by atoms with van der Waals surface area (Å²) >= 11 is 0. The van der Waals surface area contributed by atoms with Crippen LogP contribution >= 0.6 is 0 Å². The molecule has 1 fully saturated rings. The molecule has 0 radical (unpaired) electrons. The first-order valence-corrected chi connectivity index (χ1v) is 6.26. The Morgan fingerprint density at radius 3 is 2.71 bits per heavy atom. The molecule has 1 saturated carbocycles. The molecule has 1 aromatic carbocycles.